The van der Waals surface area contributed by atoms with Crippen LogP contribution in [0.15, 0.2) is 46.1 Å². The predicted octanol–water partition coefficient (Wildman–Crippen LogP) is 0.282. The van der Waals surface area contributed by atoms with Crippen LogP contribution in [0.3, 0.4) is 0 Å². The van der Waals surface area contributed by atoms with E-state index in [-0.39, 0.29) is 11.1 Å². The molecule has 0 amide bonds. The highest BCUT2D eigenvalue weighted by molar-refractivity contribution is 7.86. The van der Waals surface area contributed by atoms with Crippen LogP contribution in [0.25, 0.3) is 0 Å². The first-order valence-electron chi connectivity index (χ1n) is 8.79. The Balaban J connectivity index is 1.85. The summed E-state index contributed by atoms with van der Waals surface area (Å²) >= 11 is 0. The maximum absolute atomic E-state index is 15.1. The van der Waals surface area contributed by atoms with Gasteiger partial charge < -0.3 is 9.47 Å². The molecule has 1 aliphatic heterocycles. The molecule has 0 bridgehead atoms. The van der Waals surface area contributed by atoms with Gasteiger partial charge in [-0.3, -0.25) is 18.5 Å². The standard InChI is InChI=1S/C18H19FN2O8S/c1-10-8-21(18(24)20-15(10)22)16-13(19)14(29-30(2,25)26)12(28-16)9-27-17(23)11-6-4-3-5-7-11/h3-8,12-14,16H,9H2,1-2H3,(H,20,22,24)/t12-,13+,14-,16-/m1/s1. The monoisotopic (exact) mass is 442 g/mol. The molecule has 0 radical (unpaired) electrons. The van der Waals surface area contributed by atoms with Crippen LogP contribution >= 0.6 is 0 Å². The van der Waals surface area contributed by atoms with E-state index in [0.29, 0.717) is 0 Å². The third kappa shape index (κ3) is 4.83. The van der Waals surface area contributed by atoms with Crippen molar-refractivity contribution in [2.45, 2.75) is 31.5 Å². The minimum atomic E-state index is -4.10. The van der Waals surface area contributed by atoms with Crippen LogP contribution in [0.1, 0.15) is 22.1 Å². The zero-order valence-electron chi connectivity index (χ0n) is 16.0. The van der Waals surface area contributed by atoms with Gasteiger partial charge in [0.2, 0.25) is 0 Å². The number of hydrogen-bond donors (Lipinski definition) is 1. The Kier molecular flexibility index (Phi) is 6.19. The van der Waals surface area contributed by atoms with Gasteiger partial charge in [-0.1, -0.05) is 18.2 Å². The number of aromatic amines is 1. The maximum Gasteiger partial charge on any atom is 0.338 e. The molecule has 0 unspecified atom stereocenters. The van der Waals surface area contributed by atoms with Crippen LogP contribution in [0.5, 0.6) is 0 Å². The summed E-state index contributed by atoms with van der Waals surface area (Å²) in [6.45, 7) is 0.877. The Hall–Kier alpha value is -2.83. The number of esters is 1. The smallest absolute Gasteiger partial charge is 0.338 e. The molecular weight excluding hydrogens is 423 g/mol. The fourth-order valence-electron chi connectivity index (χ4n) is 2.96. The van der Waals surface area contributed by atoms with Crippen molar-refractivity contribution in [3.05, 3.63) is 68.5 Å². The Morgan fingerprint density at radius 2 is 1.93 bits per heavy atom. The summed E-state index contributed by atoms with van der Waals surface area (Å²) in [7, 11) is -4.10. The molecular formula is C18H19FN2O8S. The molecule has 0 saturated carbocycles. The van der Waals surface area contributed by atoms with Gasteiger partial charge in [0.05, 0.1) is 11.8 Å². The molecule has 1 aliphatic rings. The molecule has 1 fully saturated rings. The number of carbonyl (C=O) groups is 1. The molecule has 3 rings (SSSR count). The van der Waals surface area contributed by atoms with Crippen molar-refractivity contribution in [3.8, 4) is 0 Å². The highest BCUT2D eigenvalue weighted by Crippen LogP contribution is 2.34. The number of ether oxygens (including phenoxy) is 2. The highest BCUT2D eigenvalue weighted by Gasteiger charge is 2.49. The number of nitrogens with one attached hydrogen (secondary N) is 1. The van der Waals surface area contributed by atoms with E-state index in [1.165, 1.54) is 19.1 Å². The second-order valence-electron chi connectivity index (χ2n) is 6.72. The van der Waals surface area contributed by atoms with Crippen LogP contribution in [0.2, 0.25) is 0 Å². The average Bonchev–Trinajstić information content (AvgIpc) is 2.97. The molecule has 10 nitrogen and oxygen atoms in total. The van der Waals surface area contributed by atoms with E-state index in [0.717, 1.165) is 17.0 Å². The lowest BCUT2D eigenvalue weighted by Gasteiger charge is -2.18. The lowest BCUT2D eigenvalue weighted by atomic mass is 10.1. The molecule has 12 heteroatoms. The SMILES string of the molecule is Cc1cn([C@@H]2O[C@H](COC(=O)c3ccccc3)[C@@H](OS(C)(=O)=O)[C@@H]2F)c(=O)[nH]c1=O. The number of H-pyrrole nitrogens is 1. The largest absolute Gasteiger partial charge is 0.459 e. The predicted molar refractivity (Wildman–Crippen MR) is 101 cm³/mol. The summed E-state index contributed by atoms with van der Waals surface area (Å²) in [5.74, 6) is -0.729. The topological polar surface area (TPSA) is 134 Å². The van der Waals surface area contributed by atoms with Crippen LogP contribution in [-0.4, -0.2) is 55.2 Å². The maximum atomic E-state index is 15.1. The molecule has 1 N–H and O–H groups in total. The molecule has 4 atom stereocenters. The second-order valence-corrected chi connectivity index (χ2v) is 8.32. The molecule has 0 aliphatic carbocycles. The van der Waals surface area contributed by atoms with Gasteiger partial charge in [-0.15, -0.1) is 0 Å². The molecule has 30 heavy (non-hydrogen) atoms. The fraction of sp³-hybridized carbons (Fsp3) is 0.389. The lowest BCUT2D eigenvalue weighted by molar-refractivity contribution is -0.0530. The summed E-state index contributed by atoms with van der Waals surface area (Å²) in [6, 6.07) is 7.96. The average molecular weight is 442 g/mol. The van der Waals surface area contributed by atoms with Gasteiger partial charge in [0.15, 0.2) is 12.4 Å². The fourth-order valence-corrected chi connectivity index (χ4v) is 3.59. The Bertz CT molecular complexity index is 1140. The van der Waals surface area contributed by atoms with E-state index in [4.69, 9.17) is 13.7 Å². The third-order valence-electron chi connectivity index (χ3n) is 4.36. The Morgan fingerprint density at radius 1 is 1.27 bits per heavy atom. The van der Waals surface area contributed by atoms with Gasteiger partial charge in [-0.05, 0) is 19.1 Å². The first-order valence-corrected chi connectivity index (χ1v) is 10.6. The third-order valence-corrected chi connectivity index (χ3v) is 4.93. The van der Waals surface area contributed by atoms with Crippen LogP contribution < -0.4 is 11.2 Å². The molecule has 0 spiro atoms. The van der Waals surface area contributed by atoms with Gasteiger partial charge in [0, 0.05) is 11.8 Å². The summed E-state index contributed by atoms with van der Waals surface area (Å²) in [5.41, 5.74) is -1.25. The van der Waals surface area contributed by atoms with E-state index < -0.39 is 58.6 Å². The molecule has 2 heterocycles. The van der Waals surface area contributed by atoms with Crippen molar-refractivity contribution in [2.75, 3.05) is 12.9 Å². The number of carbonyl (C=O) groups excluding carboxylic acids is 1. The van der Waals surface area contributed by atoms with Crippen LogP contribution in [0, 0.1) is 6.92 Å². The number of alkyl halides is 1. The van der Waals surface area contributed by atoms with E-state index in [1.54, 1.807) is 18.2 Å². The lowest BCUT2D eigenvalue weighted by Crippen LogP contribution is -2.38. The van der Waals surface area contributed by atoms with Crippen molar-refractivity contribution < 1.29 is 31.3 Å². The number of rotatable bonds is 6. The van der Waals surface area contributed by atoms with Crippen molar-refractivity contribution in [1.29, 1.82) is 0 Å². The van der Waals surface area contributed by atoms with Crippen molar-refractivity contribution >= 4 is 16.1 Å². The van der Waals surface area contributed by atoms with E-state index in [1.807, 2.05) is 4.98 Å². The number of halogens is 1. The number of aryl methyl sites for hydroxylation is 1. The Morgan fingerprint density at radius 3 is 2.57 bits per heavy atom. The summed E-state index contributed by atoms with van der Waals surface area (Å²) in [5, 5.41) is 0. The zero-order valence-corrected chi connectivity index (χ0v) is 16.8. The minimum Gasteiger partial charge on any atom is -0.459 e. The van der Waals surface area contributed by atoms with Gasteiger partial charge in [-0.25, -0.2) is 14.0 Å². The molecule has 1 aromatic heterocycles. The van der Waals surface area contributed by atoms with Crippen LogP contribution in [0.4, 0.5) is 4.39 Å². The molecule has 1 aromatic carbocycles. The quantitative estimate of drug-likeness (QED) is 0.498. The van der Waals surface area contributed by atoms with Crippen molar-refractivity contribution in [3.63, 3.8) is 0 Å². The van der Waals surface area contributed by atoms with Gasteiger partial charge in [0.25, 0.3) is 15.7 Å². The molecule has 162 valence electrons. The summed E-state index contributed by atoms with van der Waals surface area (Å²) < 4.78 is 54.4. The first-order chi connectivity index (χ1) is 14.1. The zero-order chi connectivity index (χ0) is 22.1. The summed E-state index contributed by atoms with van der Waals surface area (Å²) in [6.07, 6.45) is -4.88. The van der Waals surface area contributed by atoms with Crippen molar-refractivity contribution in [1.82, 2.24) is 9.55 Å². The van der Waals surface area contributed by atoms with E-state index >= 15 is 4.39 Å². The van der Waals surface area contributed by atoms with Crippen LogP contribution in [-0.2, 0) is 23.8 Å². The number of aromatic nitrogens is 2. The number of benzene rings is 1. The van der Waals surface area contributed by atoms with E-state index in [9.17, 15) is 22.8 Å². The first kappa shape index (κ1) is 21.9. The van der Waals surface area contributed by atoms with Gasteiger partial charge in [-0.2, -0.15) is 8.42 Å². The summed E-state index contributed by atoms with van der Waals surface area (Å²) in [4.78, 5) is 37.8. The van der Waals surface area contributed by atoms with Gasteiger partial charge in [0.1, 0.15) is 18.8 Å². The molecule has 2 aromatic rings. The number of nitrogens with zero attached hydrogens (tertiary/aromatic N) is 1. The van der Waals surface area contributed by atoms with Crippen molar-refractivity contribution in [2.24, 2.45) is 0 Å². The minimum absolute atomic E-state index is 0.116. The number of hydrogen-bond acceptors (Lipinski definition) is 8. The van der Waals surface area contributed by atoms with E-state index in [2.05, 4.69) is 0 Å². The highest BCUT2D eigenvalue weighted by atomic mass is 32.2. The second kappa shape index (κ2) is 8.50. The Labute approximate surface area is 170 Å². The molecule has 1 saturated heterocycles. The normalized spacial score (nSPS) is 24.0. The van der Waals surface area contributed by atoms with Gasteiger partial charge >= 0.3 is 11.7 Å².